The van der Waals surface area contributed by atoms with Crippen molar-refractivity contribution in [3.8, 4) is 0 Å². The third kappa shape index (κ3) is 6.61. The van der Waals surface area contributed by atoms with Crippen molar-refractivity contribution in [1.82, 2.24) is 10.6 Å². The zero-order valence-corrected chi connectivity index (χ0v) is 12.5. The maximum Gasteiger partial charge on any atom is 0.407 e. The van der Waals surface area contributed by atoms with Gasteiger partial charge in [0.15, 0.2) is 0 Å². The molecule has 0 unspecified atom stereocenters. The lowest BCUT2D eigenvalue weighted by molar-refractivity contribution is -0.124. The molecule has 0 atom stereocenters. The molecule has 0 bridgehead atoms. The summed E-state index contributed by atoms with van der Waals surface area (Å²) in [7, 11) is 0. The van der Waals surface area contributed by atoms with Crippen LogP contribution in [0.2, 0.25) is 0 Å². The van der Waals surface area contributed by atoms with Crippen molar-refractivity contribution in [1.29, 1.82) is 0 Å². The molecule has 21 heavy (non-hydrogen) atoms. The Morgan fingerprint density at radius 3 is 2.14 bits per heavy atom. The molecule has 2 amide bonds. The van der Waals surface area contributed by atoms with Gasteiger partial charge in [-0.25, -0.2) is 4.79 Å². The quantitative estimate of drug-likeness (QED) is 0.758. The maximum absolute atomic E-state index is 11.5. The van der Waals surface area contributed by atoms with E-state index in [9.17, 15) is 9.59 Å². The Labute approximate surface area is 125 Å². The van der Waals surface area contributed by atoms with E-state index < -0.39 is 6.09 Å². The highest BCUT2D eigenvalue weighted by molar-refractivity contribution is 5.77. The lowest BCUT2D eigenvalue weighted by Crippen LogP contribution is -2.27. The van der Waals surface area contributed by atoms with Crippen molar-refractivity contribution >= 4 is 12.0 Å². The molecule has 0 saturated heterocycles. The molecule has 0 fully saturated rings. The number of benzene rings is 1. The fourth-order valence-electron chi connectivity index (χ4n) is 1.53. The van der Waals surface area contributed by atoms with Gasteiger partial charge >= 0.3 is 6.09 Å². The van der Waals surface area contributed by atoms with Crippen LogP contribution in [0.5, 0.6) is 0 Å². The molecule has 0 radical (unpaired) electrons. The third-order valence-corrected chi connectivity index (χ3v) is 2.78. The molecule has 0 spiro atoms. The summed E-state index contributed by atoms with van der Waals surface area (Å²) < 4.78 is 4.81. The molecule has 1 aromatic carbocycles. The number of carbonyl (C=O) groups is 2. The number of hydrogen-bond acceptors (Lipinski definition) is 3. The molecule has 1 rings (SSSR count). The number of rotatable bonds is 7. The predicted octanol–water partition coefficient (Wildman–Crippen LogP) is 2.37. The van der Waals surface area contributed by atoms with E-state index in [0.29, 0.717) is 13.1 Å². The molecule has 5 nitrogen and oxygen atoms in total. The molecule has 1 aromatic rings. The summed E-state index contributed by atoms with van der Waals surface area (Å²) in [6.07, 6.45) is 1.04. The number of carbonyl (C=O) groups excluding carboxylic acids is 2. The van der Waals surface area contributed by atoms with Crippen molar-refractivity contribution < 1.29 is 14.3 Å². The highest BCUT2D eigenvalue weighted by Crippen LogP contribution is 2.05. The minimum absolute atomic E-state index is 0.0185. The molecule has 114 valence electrons. The number of ether oxygens (including phenoxy) is 1. The van der Waals surface area contributed by atoms with Gasteiger partial charge in [-0.1, -0.05) is 50.8 Å². The highest BCUT2D eigenvalue weighted by Gasteiger charge is 2.06. The molecular weight excluding hydrogens is 268 g/mol. The van der Waals surface area contributed by atoms with Gasteiger partial charge in [0.05, 0.1) is 0 Å². The van der Waals surface area contributed by atoms with Crippen LogP contribution in [0, 0.1) is 5.92 Å². The molecule has 0 aromatic heterocycles. The second-order valence-electron chi connectivity index (χ2n) is 4.93. The summed E-state index contributed by atoms with van der Waals surface area (Å²) in [5.74, 6) is 0.0146. The smallest absolute Gasteiger partial charge is 0.407 e. The monoisotopic (exact) mass is 290 g/mol. The summed E-state index contributed by atoms with van der Waals surface area (Å²) in [6, 6.07) is 7.66. The Kier molecular flexibility index (Phi) is 7.01. The first-order valence-electron chi connectivity index (χ1n) is 6.90. The highest BCUT2D eigenvalue weighted by atomic mass is 16.5. The SMILES string of the molecule is C=CCOC(=O)NCc1ccc(CNC(=O)C(C)C)cc1. The molecule has 0 saturated carbocycles. The number of nitrogens with one attached hydrogen (secondary N) is 2. The molecule has 0 aliphatic rings. The normalized spacial score (nSPS) is 10.0. The van der Waals surface area contributed by atoms with Crippen molar-refractivity contribution in [3.05, 3.63) is 48.0 Å². The van der Waals surface area contributed by atoms with E-state index >= 15 is 0 Å². The Hall–Kier alpha value is -2.30. The molecular formula is C16H22N2O3. The van der Waals surface area contributed by atoms with Crippen LogP contribution in [-0.4, -0.2) is 18.6 Å². The number of alkyl carbamates (subject to hydrolysis) is 1. The lowest BCUT2D eigenvalue weighted by atomic mass is 10.1. The van der Waals surface area contributed by atoms with Gasteiger partial charge < -0.3 is 15.4 Å². The Morgan fingerprint density at radius 1 is 1.14 bits per heavy atom. The average Bonchev–Trinajstić information content (AvgIpc) is 2.49. The van der Waals surface area contributed by atoms with Gasteiger partial charge in [-0.15, -0.1) is 0 Å². The Bertz CT molecular complexity index is 481. The Balaban J connectivity index is 2.38. The lowest BCUT2D eigenvalue weighted by Gasteiger charge is -2.09. The van der Waals surface area contributed by atoms with Gasteiger partial charge in [0.2, 0.25) is 5.91 Å². The molecule has 5 heteroatoms. The second kappa shape index (κ2) is 8.79. The van der Waals surface area contributed by atoms with Crippen LogP contribution >= 0.6 is 0 Å². The van der Waals surface area contributed by atoms with Crippen LogP contribution in [0.3, 0.4) is 0 Å². The Morgan fingerprint density at radius 2 is 1.67 bits per heavy atom. The first-order valence-corrected chi connectivity index (χ1v) is 6.90. The van der Waals surface area contributed by atoms with E-state index in [1.54, 1.807) is 0 Å². The molecule has 0 aliphatic carbocycles. The van der Waals surface area contributed by atoms with E-state index in [4.69, 9.17) is 4.74 Å². The van der Waals surface area contributed by atoms with Gasteiger partial charge in [-0.05, 0) is 11.1 Å². The summed E-state index contributed by atoms with van der Waals surface area (Å²) in [5, 5.41) is 5.49. The average molecular weight is 290 g/mol. The van der Waals surface area contributed by atoms with Crippen molar-refractivity contribution in [2.75, 3.05) is 6.61 Å². The molecule has 2 N–H and O–H groups in total. The zero-order chi connectivity index (χ0) is 15.7. The van der Waals surface area contributed by atoms with Crippen LogP contribution in [-0.2, 0) is 22.6 Å². The van der Waals surface area contributed by atoms with Gasteiger partial charge in [0.25, 0.3) is 0 Å². The van der Waals surface area contributed by atoms with E-state index in [1.807, 2.05) is 38.1 Å². The first kappa shape index (κ1) is 16.8. The first-order chi connectivity index (χ1) is 10.0. The minimum atomic E-state index is -0.469. The zero-order valence-electron chi connectivity index (χ0n) is 12.5. The molecule has 0 aliphatic heterocycles. The summed E-state index contributed by atoms with van der Waals surface area (Å²) in [5.41, 5.74) is 1.98. The van der Waals surface area contributed by atoms with Crippen LogP contribution in [0.15, 0.2) is 36.9 Å². The van der Waals surface area contributed by atoms with E-state index in [1.165, 1.54) is 6.08 Å². The topological polar surface area (TPSA) is 67.4 Å². The van der Waals surface area contributed by atoms with E-state index in [2.05, 4.69) is 17.2 Å². The van der Waals surface area contributed by atoms with E-state index in [0.717, 1.165) is 11.1 Å². The largest absolute Gasteiger partial charge is 0.445 e. The molecule has 0 heterocycles. The van der Waals surface area contributed by atoms with Crippen molar-refractivity contribution in [2.24, 2.45) is 5.92 Å². The van der Waals surface area contributed by atoms with Gasteiger partial charge in [0.1, 0.15) is 6.61 Å². The summed E-state index contributed by atoms with van der Waals surface area (Å²) >= 11 is 0. The number of amides is 2. The summed E-state index contributed by atoms with van der Waals surface area (Å²) in [4.78, 5) is 22.7. The fraction of sp³-hybridized carbons (Fsp3) is 0.375. The van der Waals surface area contributed by atoms with Gasteiger partial charge in [-0.3, -0.25) is 4.79 Å². The minimum Gasteiger partial charge on any atom is -0.445 e. The standard InChI is InChI=1S/C16H22N2O3/c1-4-9-21-16(20)18-11-14-7-5-13(6-8-14)10-17-15(19)12(2)3/h4-8,12H,1,9-11H2,2-3H3,(H,17,19)(H,18,20). The van der Waals surface area contributed by atoms with Gasteiger partial charge in [0, 0.05) is 19.0 Å². The van der Waals surface area contributed by atoms with Crippen LogP contribution in [0.25, 0.3) is 0 Å². The second-order valence-corrected chi connectivity index (χ2v) is 4.93. The van der Waals surface area contributed by atoms with Crippen LogP contribution < -0.4 is 10.6 Å². The van der Waals surface area contributed by atoms with E-state index in [-0.39, 0.29) is 18.4 Å². The van der Waals surface area contributed by atoms with Crippen molar-refractivity contribution in [3.63, 3.8) is 0 Å². The maximum atomic E-state index is 11.5. The van der Waals surface area contributed by atoms with Crippen LogP contribution in [0.4, 0.5) is 4.79 Å². The fourth-order valence-corrected chi connectivity index (χ4v) is 1.53. The van der Waals surface area contributed by atoms with Crippen molar-refractivity contribution in [2.45, 2.75) is 26.9 Å². The summed E-state index contributed by atoms with van der Waals surface area (Å²) in [6.45, 7) is 8.28. The van der Waals surface area contributed by atoms with Gasteiger partial charge in [-0.2, -0.15) is 0 Å². The predicted molar refractivity (Wildman–Crippen MR) is 81.5 cm³/mol. The third-order valence-electron chi connectivity index (χ3n) is 2.78. The number of hydrogen-bond donors (Lipinski definition) is 2. The van der Waals surface area contributed by atoms with Crippen LogP contribution in [0.1, 0.15) is 25.0 Å².